The third kappa shape index (κ3) is 3.82. The maximum absolute atomic E-state index is 12.5. The molecule has 1 fully saturated rings. The summed E-state index contributed by atoms with van der Waals surface area (Å²) in [4.78, 5) is 0.192. The molecule has 1 aliphatic rings. The number of nitriles is 1. The minimum Gasteiger partial charge on any atom is -0.316 e. The zero-order chi connectivity index (χ0) is 15.5. The van der Waals surface area contributed by atoms with E-state index >= 15 is 0 Å². The fourth-order valence-corrected chi connectivity index (χ4v) is 4.25. The molecule has 1 aromatic carbocycles. The van der Waals surface area contributed by atoms with E-state index < -0.39 is 10.0 Å². The Morgan fingerprint density at radius 3 is 2.86 bits per heavy atom. The van der Waals surface area contributed by atoms with Crippen molar-refractivity contribution in [2.24, 2.45) is 5.92 Å². The van der Waals surface area contributed by atoms with Gasteiger partial charge in [-0.2, -0.15) is 5.26 Å². The number of hydrogen-bond donors (Lipinski definition) is 2. The molecule has 0 saturated carbocycles. The Kier molecular flexibility index (Phi) is 4.99. The van der Waals surface area contributed by atoms with E-state index in [9.17, 15) is 8.42 Å². The summed E-state index contributed by atoms with van der Waals surface area (Å²) in [6, 6.07) is 6.58. The summed E-state index contributed by atoms with van der Waals surface area (Å²) >= 11 is 0. The van der Waals surface area contributed by atoms with Crippen LogP contribution in [0.15, 0.2) is 23.1 Å². The van der Waals surface area contributed by atoms with Crippen LogP contribution in [-0.2, 0) is 10.0 Å². The lowest BCUT2D eigenvalue weighted by atomic mass is 9.94. The minimum absolute atomic E-state index is 0.132. The van der Waals surface area contributed by atoms with Crippen LogP contribution in [0.1, 0.15) is 30.9 Å². The molecule has 2 atom stereocenters. The summed E-state index contributed by atoms with van der Waals surface area (Å²) in [6.45, 7) is 5.47. The highest BCUT2D eigenvalue weighted by molar-refractivity contribution is 7.89. The number of nitrogens with zero attached hydrogens (tertiary/aromatic N) is 1. The van der Waals surface area contributed by atoms with Crippen molar-refractivity contribution in [3.05, 3.63) is 29.3 Å². The number of benzene rings is 1. The Morgan fingerprint density at radius 2 is 2.24 bits per heavy atom. The first kappa shape index (κ1) is 16.0. The SMILES string of the molecule is Cc1ccc(C#N)cc1S(=O)(=O)NC(C)C1CCCNC1. The maximum Gasteiger partial charge on any atom is 0.241 e. The molecule has 2 unspecified atom stereocenters. The molecule has 5 nitrogen and oxygen atoms in total. The number of aryl methyl sites for hydroxylation is 1. The van der Waals surface area contributed by atoms with Crippen molar-refractivity contribution in [1.29, 1.82) is 5.26 Å². The predicted octanol–water partition coefficient (Wildman–Crippen LogP) is 1.53. The van der Waals surface area contributed by atoms with E-state index in [1.807, 2.05) is 13.0 Å². The van der Waals surface area contributed by atoms with Gasteiger partial charge >= 0.3 is 0 Å². The third-order valence-electron chi connectivity index (χ3n) is 3.99. The van der Waals surface area contributed by atoms with Crippen molar-refractivity contribution < 1.29 is 8.42 Å². The second-order valence-electron chi connectivity index (χ2n) is 5.61. The van der Waals surface area contributed by atoms with Crippen molar-refractivity contribution in [3.8, 4) is 6.07 Å². The van der Waals surface area contributed by atoms with Crippen LogP contribution in [0.3, 0.4) is 0 Å². The molecule has 1 aliphatic heterocycles. The first-order valence-corrected chi connectivity index (χ1v) is 8.66. The van der Waals surface area contributed by atoms with Gasteiger partial charge in [0.15, 0.2) is 0 Å². The average Bonchev–Trinajstić information content (AvgIpc) is 2.48. The molecule has 114 valence electrons. The molecule has 0 aromatic heterocycles. The fraction of sp³-hybridized carbons (Fsp3) is 0.533. The van der Waals surface area contributed by atoms with Crippen molar-refractivity contribution in [1.82, 2.24) is 10.0 Å². The van der Waals surface area contributed by atoms with Crippen molar-refractivity contribution in [3.63, 3.8) is 0 Å². The summed E-state index contributed by atoms with van der Waals surface area (Å²) in [5.41, 5.74) is 1.00. The average molecular weight is 307 g/mol. The number of piperidine rings is 1. The fourth-order valence-electron chi connectivity index (χ4n) is 2.67. The van der Waals surface area contributed by atoms with E-state index in [0.717, 1.165) is 25.9 Å². The first-order chi connectivity index (χ1) is 9.94. The minimum atomic E-state index is -3.60. The highest BCUT2D eigenvalue weighted by Crippen LogP contribution is 2.20. The molecule has 6 heteroatoms. The lowest BCUT2D eigenvalue weighted by Gasteiger charge is -2.28. The van der Waals surface area contributed by atoms with Gasteiger partial charge in [0.05, 0.1) is 16.5 Å². The summed E-state index contributed by atoms with van der Waals surface area (Å²) in [5.74, 6) is 0.299. The zero-order valence-corrected chi connectivity index (χ0v) is 13.2. The van der Waals surface area contributed by atoms with Crippen LogP contribution >= 0.6 is 0 Å². The zero-order valence-electron chi connectivity index (χ0n) is 12.4. The Balaban J connectivity index is 2.20. The second-order valence-corrected chi connectivity index (χ2v) is 7.29. The maximum atomic E-state index is 12.5. The van der Waals surface area contributed by atoms with E-state index in [0.29, 0.717) is 17.0 Å². The van der Waals surface area contributed by atoms with Gasteiger partial charge in [-0.25, -0.2) is 13.1 Å². The summed E-state index contributed by atoms with van der Waals surface area (Å²) in [6.07, 6.45) is 2.09. The summed E-state index contributed by atoms with van der Waals surface area (Å²) in [7, 11) is -3.60. The van der Waals surface area contributed by atoms with Gasteiger partial charge in [0.2, 0.25) is 10.0 Å². The molecule has 0 aliphatic carbocycles. The molecule has 0 spiro atoms. The molecule has 1 saturated heterocycles. The smallest absolute Gasteiger partial charge is 0.241 e. The molecular weight excluding hydrogens is 286 g/mol. The largest absolute Gasteiger partial charge is 0.316 e. The van der Waals surface area contributed by atoms with Crippen LogP contribution in [0, 0.1) is 24.2 Å². The van der Waals surface area contributed by atoms with Crippen LogP contribution in [0.4, 0.5) is 0 Å². The van der Waals surface area contributed by atoms with Gasteiger partial charge in [-0.1, -0.05) is 6.07 Å². The number of nitrogens with one attached hydrogen (secondary N) is 2. The van der Waals surface area contributed by atoms with E-state index in [1.54, 1.807) is 19.1 Å². The Hall–Kier alpha value is -1.42. The van der Waals surface area contributed by atoms with Crippen LogP contribution < -0.4 is 10.0 Å². The van der Waals surface area contributed by atoms with E-state index in [4.69, 9.17) is 5.26 Å². The van der Waals surface area contributed by atoms with Crippen molar-refractivity contribution in [2.75, 3.05) is 13.1 Å². The highest BCUT2D eigenvalue weighted by Gasteiger charge is 2.26. The van der Waals surface area contributed by atoms with Crippen LogP contribution in [0.25, 0.3) is 0 Å². The van der Waals surface area contributed by atoms with Crippen LogP contribution in [0.2, 0.25) is 0 Å². The van der Waals surface area contributed by atoms with Crippen molar-refractivity contribution in [2.45, 2.75) is 37.6 Å². The summed E-state index contributed by atoms with van der Waals surface area (Å²) in [5, 5.41) is 12.2. The van der Waals surface area contributed by atoms with Gasteiger partial charge in [-0.3, -0.25) is 0 Å². The Labute approximate surface area is 126 Å². The molecule has 0 radical (unpaired) electrons. The number of sulfonamides is 1. The van der Waals surface area contributed by atoms with E-state index in [2.05, 4.69) is 10.0 Å². The standard InChI is InChI=1S/C15H21N3O2S/c1-11-5-6-13(9-16)8-15(11)21(19,20)18-12(2)14-4-3-7-17-10-14/h5-6,8,12,14,17-18H,3-4,7,10H2,1-2H3. The number of hydrogen-bond acceptors (Lipinski definition) is 4. The molecule has 2 N–H and O–H groups in total. The van der Waals surface area contributed by atoms with Gasteiger partial charge in [0, 0.05) is 6.04 Å². The second kappa shape index (κ2) is 6.56. The summed E-state index contributed by atoms with van der Waals surface area (Å²) < 4.78 is 27.8. The Bertz CT molecular complexity index is 643. The monoisotopic (exact) mass is 307 g/mol. The van der Waals surface area contributed by atoms with Gasteiger partial charge in [-0.05, 0) is 63.4 Å². The van der Waals surface area contributed by atoms with Crippen LogP contribution in [0.5, 0.6) is 0 Å². The third-order valence-corrected chi connectivity index (χ3v) is 5.69. The normalized spacial score (nSPS) is 20.7. The predicted molar refractivity (Wildman–Crippen MR) is 81.3 cm³/mol. The molecule has 0 amide bonds. The van der Waals surface area contributed by atoms with Gasteiger partial charge in [0.1, 0.15) is 0 Å². The molecule has 2 rings (SSSR count). The molecule has 21 heavy (non-hydrogen) atoms. The van der Waals surface area contributed by atoms with Gasteiger partial charge < -0.3 is 5.32 Å². The molecule has 0 bridgehead atoms. The van der Waals surface area contributed by atoms with Gasteiger partial charge in [0.25, 0.3) is 0 Å². The van der Waals surface area contributed by atoms with E-state index in [-0.39, 0.29) is 10.9 Å². The van der Waals surface area contributed by atoms with Crippen LogP contribution in [-0.4, -0.2) is 27.5 Å². The first-order valence-electron chi connectivity index (χ1n) is 7.18. The quantitative estimate of drug-likeness (QED) is 0.884. The topological polar surface area (TPSA) is 82.0 Å². The van der Waals surface area contributed by atoms with Crippen molar-refractivity contribution >= 4 is 10.0 Å². The molecular formula is C15H21N3O2S. The van der Waals surface area contributed by atoms with Gasteiger partial charge in [-0.15, -0.1) is 0 Å². The van der Waals surface area contributed by atoms with E-state index in [1.165, 1.54) is 6.07 Å². The number of rotatable bonds is 4. The molecule has 1 aromatic rings. The highest BCUT2D eigenvalue weighted by atomic mass is 32.2. The molecule has 1 heterocycles. The lowest BCUT2D eigenvalue weighted by Crippen LogP contribution is -2.44. The Morgan fingerprint density at radius 1 is 1.48 bits per heavy atom. The lowest BCUT2D eigenvalue weighted by molar-refractivity contribution is 0.320.